The normalized spacial score (nSPS) is 12.5. The molecule has 0 fully saturated rings. The van der Waals surface area contributed by atoms with Gasteiger partial charge in [0.25, 0.3) is 20.1 Å². The number of nitrogens with one attached hydrogen (secondary N) is 2. The van der Waals surface area contributed by atoms with Crippen LogP contribution in [0.25, 0.3) is 0 Å². The van der Waals surface area contributed by atoms with Crippen molar-refractivity contribution >= 4 is 37.2 Å². The zero-order valence-corrected chi connectivity index (χ0v) is 25.9. The van der Waals surface area contributed by atoms with Gasteiger partial charge in [0.1, 0.15) is 4.21 Å². The van der Waals surface area contributed by atoms with E-state index in [2.05, 4.69) is 21.4 Å². The summed E-state index contributed by atoms with van der Waals surface area (Å²) in [5, 5.41) is 14.6. The van der Waals surface area contributed by atoms with Gasteiger partial charge < -0.3 is 10.3 Å². The van der Waals surface area contributed by atoms with Crippen molar-refractivity contribution in [3.63, 3.8) is 0 Å². The first-order valence-electron chi connectivity index (χ1n) is 13.5. The summed E-state index contributed by atoms with van der Waals surface area (Å²) < 4.78 is 61.7. The van der Waals surface area contributed by atoms with Crippen molar-refractivity contribution in [2.24, 2.45) is 0 Å². The number of thiophene rings is 1. The van der Waals surface area contributed by atoms with Crippen LogP contribution in [0.4, 0.5) is 5.69 Å². The van der Waals surface area contributed by atoms with E-state index in [4.69, 9.17) is 4.18 Å². The van der Waals surface area contributed by atoms with Crippen molar-refractivity contribution < 1.29 is 21.0 Å². The molecule has 13 heteroatoms. The van der Waals surface area contributed by atoms with Gasteiger partial charge >= 0.3 is 0 Å². The average Bonchev–Trinajstić information content (AvgIpc) is 3.78. The Hall–Kier alpha value is -4.32. The fourth-order valence-corrected chi connectivity index (χ4v) is 8.27. The molecule has 0 aliphatic rings. The Morgan fingerprint density at radius 1 is 0.977 bits per heavy atom. The van der Waals surface area contributed by atoms with Crippen molar-refractivity contribution in [1.29, 1.82) is 5.26 Å². The van der Waals surface area contributed by atoms with Gasteiger partial charge in [-0.1, -0.05) is 54.6 Å². The molecule has 1 atom stereocenters. The minimum Gasteiger partial charge on any atom is -0.379 e. The van der Waals surface area contributed by atoms with Crippen molar-refractivity contribution in [1.82, 2.24) is 14.3 Å². The molecule has 1 unspecified atom stereocenters. The van der Waals surface area contributed by atoms with Crippen molar-refractivity contribution in [2.45, 2.75) is 34.7 Å². The first-order valence-corrected chi connectivity index (χ1v) is 17.3. The summed E-state index contributed by atoms with van der Waals surface area (Å²) in [6.45, 7) is -0.248. The molecule has 5 aromatic rings. The minimum atomic E-state index is -4.19. The standard InChI is InChI=1S/C31H29N5O5S3/c32-18-25-13-14-30(34-20-27-19-33-23-35-27)26(16-25)21-36(43(37,38)31-12-7-15-42-31)28(17-24-8-3-1-4-9-24)22-41-44(39,40)29-10-5-2-6-11-29/h1-16,19,23,28,34H,17,20-22H2,(H,33,35). The average molecular weight is 648 g/mol. The number of nitrogens with zero attached hydrogens (tertiary/aromatic N) is 3. The summed E-state index contributed by atoms with van der Waals surface area (Å²) >= 11 is 1.06. The molecule has 5 rings (SSSR count). The Morgan fingerprint density at radius 2 is 1.73 bits per heavy atom. The van der Waals surface area contributed by atoms with Gasteiger partial charge in [0.2, 0.25) is 0 Å². The zero-order chi connectivity index (χ0) is 31.0. The van der Waals surface area contributed by atoms with E-state index in [1.165, 1.54) is 22.5 Å². The third-order valence-electron chi connectivity index (χ3n) is 6.80. The van der Waals surface area contributed by atoms with Gasteiger partial charge in [-0.25, -0.2) is 13.4 Å². The molecule has 44 heavy (non-hydrogen) atoms. The minimum absolute atomic E-state index is 0.0299. The smallest absolute Gasteiger partial charge is 0.297 e. The van der Waals surface area contributed by atoms with E-state index in [1.54, 1.807) is 60.4 Å². The Morgan fingerprint density at radius 3 is 2.39 bits per heavy atom. The van der Waals surface area contributed by atoms with Gasteiger partial charge in [-0.2, -0.15) is 18.0 Å². The van der Waals surface area contributed by atoms with Crippen molar-refractivity contribution in [2.75, 3.05) is 11.9 Å². The van der Waals surface area contributed by atoms with Crippen LogP contribution in [0.3, 0.4) is 0 Å². The molecule has 2 N–H and O–H groups in total. The largest absolute Gasteiger partial charge is 0.379 e. The van der Waals surface area contributed by atoms with E-state index < -0.39 is 32.8 Å². The molecule has 0 aliphatic heterocycles. The third kappa shape index (κ3) is 7.60. The predicted molar refractivity (Wildman–Crippen MR) is 168 cm³/mol. The monoisotopic (exact) mass is 647 g/mol. The molecule has 0 radical (unpaired) electrons. The number of benzene rings is 3. The fraction of sp³-hybridized carbons (Fsp3) is 0.161. The van der Waals surface area contributed by atoms with E-state index in [0.29, 0.717) is 23.4 Å². The summed E-state index contributed by atoms with van der Waals surface area (Å²) in [5.74, 6) is 0. The Labute approximate surface area is 260 Å². The van der Waals surface area contributed by atoms with Crippen LogP contribution in [-0.2, 0) is 43.8 Å². The molecule has 0 aliphatic carbocycles. The highest BCUT2D eigenvalue weighted by Crippen LogP contribution is 2.30. The van der Waals surface area contributed by atoms with Crippen LogP contribution >= 0.6 is 11.3 Å². The van der Waals surface area contributed by atoms with E-state index in [-0.39, 0.29) is 22.1 Å². The maximum atomic E-state index is 14.3. The molecule has 0 spiro atoms. The zero-order valence-electron chi connectivity index (χ0n) is 23.4. The predicted octanol–water partition coefficient (Wildman–Crippen LogP) is 5.16. The van der Waals surface area contributed by atoms with Crippen LogP contribution in [-0.4, -0.2) is 43.8 Å². The Bertz CT molecular complexity index is 1910. The van der Waals surface area contributed by atoms with Gasteiger partial charge in [-0.05, 0) is 59.3 Å². The highest BCUT2D eigenvalue weighted by Gasteiger charge is 2.35. The van der Waals surface area contributed by atoms with E-state index >= 15 is 0 Å². The van der Waals surface area contributed by atoms with Crippen LogP contribution in [0.2, 0.25) is 0 Å². The van der Waals surface area contributed by atoms with Crippen molar-refractivity contribution in [3.8, 4) is 6.07 Å². The summed E-state index contributed by atoms with van der Waals surface area (Å²) in [6.07, 6.45) is 3.47. The maximum Gasteiger partial charge on any atom is 0.297 e. The maximum absolute atomic E-state index is 14.3. The molecule has 0 saturated carbocycles. The highest BCUT2D eigenvalue weighted by atomic mass is 32.2. The SMILES string of the molecule is N#Cc1ccc(NCc2c[nH]cn2)c(CN(C(COS(=O)(=O)c2ccccc2)Cc2ccccc2)S(=O)(=O)c2cccs2)c1. The summed E-state index contributed by atoms with van der Waals surface area (Å²) in [6, 6.07) is 26.3. The van der Waals surface area contributed by atoms with E-state index in [1.807, 2.05) is 30.3 Å². The van der Waals surface area contributed by atoms with Gasteiger partial charge in [-0.3, -0.25) is 4.18 Å². The number of hydrogen-bond donors (Lipinski definition) is 2. The lowest BCUT2D eigenvalue weighted by molar-refractivity contribution is 0.203. The van der Waals surface area contributed by atoms with Crippen LogP contribution in [0, 0.1) is 11.3 Å². The number of rotatable bonds is 14. The molecule has 10 nitrogen and oxygen atoms in total. The highest BCUT2D eigenvalue weighted by molar-refractivity contribution is 7.91. The summed E-state index contributed by atoms with van der Waals surface area (Å²) in [7, 11) is -8.34. The summed E-state index contributed by atoms with van der Waals surface area (Å²) in [4.78, 5) is 7.10. The first-order chi connectivity index (χ1) is 21.3. The quantitative estimate of drug-likeness (QED) is 0.157. The molecule has 2 heterocycles. The van der Waals surface area contributed by atoms with Crippen LogP contribution in [0.1, 0.15) is 22.4 Å². The van der Waals surface area contributed by atoms with Gasteiger partial charge in [0, 0.05) is 18.4 Å². The molecule has 0 amide bonds. The number of hydrogen-bond acceptors (Lipinski definition) is 9. The second-order valence-corrected chi connectivity index (χ2v) is 14.5. The number of nitriles is 1. The van der Waals surface area contributed by atoms with Crippen molar-refractivity contribution in [3.05, 3.63) is 131 Å². The topological polar surface area (TPSA) is 145 Å². The molecule has 2 aromatic heterocycles. The third-order valence-corrected chi connectivity index (χ3v) is 11.4. The Kier molecular flexibility index (Phi) is 9.89. The molecular weight excluding hydrogens is 619 g/mol. The van der Waals surface area contributed by atoms with Crippen LogP contribution in [0.5, 0.6) is 0 Å². The number of aromatic nitrogens is 2. The fourth-order valence-electron chi connectivity index (χ4n) is 4.60. The van der Waals surface area contributed by atoms with Gasteiger partial charge in [0.15, 0.2) is 0 Å². The lowest BCUT2D eigenvalue weighted by Crippen LogP contribution is -2.44. The van der Waals surface area contributed by atoms with Crippen LogP contribution < -0.4 is 5.32 Å². The lowest BCUT2D eigenvalue weighted by atomic mass is 10.0. The molecule has 0 saturated heterocycles. The van der Waals surface area contributed by atoms with Gasteiger partial charge in [0.05, 0.1) is 47.7 Å². The lowest BCUT2D eigenvalue weighted by Gasteiger charge is -2.31. The summed E-state index contributed by atoms with van der Waals surface area (Å²) in [5.41, 5.74) is 3.02. The van der Waals surface area contributed by atoms with Crippen LogP contribution in [0.15, 0.2) is 118 Å². The second kappa shape index (κ2) is 14.0. The molecule has 0 bridgehead atoms. The van der Waals surface area contributed by atoms with Gasteiger partial charge in [-0.15, -0.1) is 11.3 Å². The number of aromatic amines is 1. The van der Waals surface area contributed by atoms with E-state index in [0.717, 1.165) is 22.6 Å². The molecule has 3 aromatic carbocycles. The number of sulfonamides is 1. The number of H-pyrrole nitrogens is 1. The molecule has 226 valence electrons. The Balaban J connectivity index is 1.56. The molecular formula is C31H29N5O5S3. The number of imidazole rings is 1. The first kappa shape index (κ1) is 31.1. The van der Waals surface area contributed by atoms with E-state index in [9.17, 15) is 22.1 Å². The number of anilines is 1. The second-order valence-electron chi connectivity index (χ2n) is 9.78.